The highest BCUT2D eigenvalue weighted by atomic mass is 16.7. The van der Waals surface area contributed by atoms with Crippen LogP contribution in [0.1, 0.15) is 226 Å². The standard InChI is InChI=1S/C61H105NO8/c1-3-5-7-9-11-13-15-16-17-18-19-20-21-22-23-24-25-26-27-28-29-30-31-32-33-34-35-36-37-38-39-40-41-43-45-47-49-51-57(65)62-54(53-69-61-60(68)59(67)58(66)56(52-63)70-61)55(64)50-48-46-44-42-14-12-10-8-6-4-2/h5,7,11,13,16-17,19-20,22-23,25-26,28-29,48,50,54-56,58-61,63-64,66-68H,3-4,6,8-10,12,14-15,18,21,24,27,30-47,49,51-53H2,1-2H3,(H,62,65)/b7-5-,13-11-,17-16-,20-19-,23-22-,26-25-,29-28-,50-48+. The van der Waals surface area contributed by atoms with E-state index in [9.17, 15) is 30.3 Å². The average Bonchev–Trinajstić information content (AvgIpc) is 3.36. The molecule has 0 saturated carbocycles. The summed E-state index contributed by atoms with van der Waals surface area (Å²) in [6, 6.07) is -0.807. The quantitative estimate of drug-likeness (QED) is 0.0261. The number of amides is 1. The predicted octanol–water partition coefficient (Wildman–Crippen LogP) is 14.0. The highest BCUT2D eigenvalue weighted by Gasteiger charge is 2.44. The van der Waals surface area contributed by atoms with Gasteiger partial charge in [0, 0.05) is 6.42 Å². The summed E-state index contributed by atoms with van der Waals surface area (Å²) < 4.78 is 11.2. The molecule has 0 spiro atoms. The number of aliphatic hydroxyl groups excluding tert-OH is 5. The highest BCUT2D eigenvalue weighted by Crippen LogP contribution is 2.23. The van der Waals surface area contributed by atoms with E-state index >= 15 is 0 Å². The van der Waals surface area contributed by atoms with E-state index < -0.39 is 49.5 Å². The maximum absolute atomic E-state index is 13.0. The van der Waals surface area contributed by atoms with Gasteiger partial charge in [-0.2, -0.15) is 0 Å². The first-order valence-corrected chi connectivity index (χ1v) is 28.5. The summed E-state index contributed by atoms with van der Waals surface area (Å²) in [5, 5.41) is 54.2. The highest BCUT2D eigenvalue weighted by molar-refractivity contribution is 5.76. The number of nitrogens with one attached hydrogen (secondary N) is 1. The third-order valence-corrected chi connectivity index (χ3v) is 12.9. The summed E-state index contributed by atoms with van der Waals surface area (Å²) in [7, 11) is 0. The molecule has 1 fully saturated rings. The van der Waals surface area contributed by atoms with Crippen molar-refractivity contribution in [2.24, 2.45) is 0 Å². The van der Waals surface area contributed by atoms with Gasteiger partial charge in [0.15, 0.2) is 6.29 Å². The molecule has 6 N–H and O–H groups in total. The fourth-order valence-corrected chi connectivity index (χ4v) is 8.43. The Kier molecular flexibility index (Phi) is 46.2. The molecule has 1 aliphatic heterocycles. The van der Waals surface area contributed by atoms with E-state index in [1.807, 2.05) is 6.08 Å². The summed E-state index contributed by atoms with van der Waals surface area (Å²) >= 11 is 0. The zero-order valence-corrected chi connectivity index (χ0v) is 44.5. The van der Waals surface area contributed by atoms with Crippen LogP contribution in [0, 0.1) is 0 Å². The molecule has 402 valence electrons. The minimum absolute atomic E-state index is 0.182. The molecule has 0 aliphatic carbocycles. The third-order valence-electron chi connectivity index (χ3n) is 12.9. The lowest BCUT2D eigenvalue weighted by Crippen LogP contribution is -2.60. The van der Waals surface area contributed by atoms with Gasteiger partial charge in [0.1, 0.15) is 24.4 Å². The van der Waals surface area contributed by atoms with Gasteiger partial charge < -0.3 is 40.3 Å². The van der Waals surface area contributed by atoms with Crippen molar-refractivity contribution < 1.29 is 39.8 Å². The van der Waals surface area contributed by atoms with Gasteiger partial charge in [0.2, 0.25) is 5.91 Å². The first-order chi connectivity index (χ1) is 34.3. The number of rotatable bonds is 47. The van der Waals surface area contributed by atoms with Gasteiger partial charge in [-0.3, -0.25) is 4.79 Å². The number of aliphatic hydroxyl groups is 5. The van der Waals surface area contributed by atoms with Crippen LogP contribution >= 0.6 is 0 Å². The lowest BCUT2D eigenvalue weighted by Gasteiger charge is -2.40. The summed E-state index contributed by atoms with van der Waals surface area (Å²) in [6.07, 6.45) is 64.9. The van der Waals surface area contributed by atoms with Crippen LogP contribution in [0.3, 0.4) is 0 Å². The van der Waals surface area contributed by atoms with Crippen molar-refractivity contribution >= 4 is 5.91 Å². The summed E-state index contributed by atoms with van der Waals surface area (Å²) in [5.74, 6) is -0.182. The number of unbranched alkanes of at least 4 members (excludes halogenated alkanes) is 23. The van der Waals surface area contributed by atoms with E-state index in [-0.39, 0.29) is 12.5 Å². The van der Waals surface area contributed by atoms with Crippen molar-refractivity contribution in [3.05, 3.63) is 97.2 Å². The second kappa shape index (κ2) is 49.7. The minimum atomic E-state index is -1.57. The molecule has 9 nitrogen and oxygen atoms in total. The number of hydrogen-bond donors (Lipinski definition) is 6. The van der Waals surface area contributed by atoms with E-state index in [2.05, 4.69) is 104 Å². The molecule has 1 aliphatic rings. The van der Waals surface area contributed by atoms with Crippen molar-refractivity contribution in [1.29, 1.82) is 0 Å². The number of carbonyl (C=O) groups is 1. The Hall–Kier alpha value is -2.89. The second-order valence-corrected chi connectivity index (χ2v) is 19.4. The topological polar surface area (TPSA) is 149 Å². The molecule has 7 unspecified atom stereocenters. The number of carbonyl (C=O) groups excluding carboxylic acids is 1. The molecule has 9 heteroatoms. The Morgan fingerprint density at radius 1 is 0.500 bits per heavy atom. The van der Waals surface area contributed by atoms with Crippen LogP contribution < -0.4 is 5.32 Å². The predicted molar refractivity (Wildman–Crippen MR) is 294 cm³/mol. The van der Waals surface area contributed by atoms with Crippen LogP contribution in [-0.2, 0) is 14.3 Å². The van der Waals surface area contributed by atoms with Gasteiger partial charge in [-0.25, -0.2) is 0 Å². The van der Waals surface area contributed by atoms with Crippen molar-refractivity contribution in [3.63, 3.8) is 0 Å². The van der Waals surface area contributed by atoms with Gasteiger partial charge in [0.05, 0.1) is 25.4 Å². The first kappa shape index (κ1) is 65.1. The second-order valence-electron chi connectivity index (χ2n) is 19.4. The summed E-state index contributed by atoms with van der Waals surface area (Å²) in [6.45, 7) is 3.63. The molecule has 7 atom stereocenters. The molecule has 1 saturated heterocycles. The monoisotopic (exact) mass is 980 g/mol. The van der Waals surface area contributed by atoms with Crippen LogP contribution in [0.15, 0.2) is 97.2 Å². The fraction of sp³-hybridized carbons (Fsp3) is 0.721. The van der Waals surface area contributed by atoms with Crippen molar-refractivity contribution in [2.45, 2.75) is 269 Å². The zero-order valence-electron chi connectivity index (χ0n) is 44.5. The zero-order chi connectivity index (χ0) is 50.8. The van der Waals surface area contributed by atoms with Gasteiger partial charge in [0.25, 0.3) is 0 Å². The molecule has 0 bridgehead atoms. The average molecular weight is 981 g/mol. The Bertz CT molecular complexity index is 1420. The van der Waals surface area contributed by atoms with Crippen LogP contribution in [0.25, 0.3) is 0 Å². The van der Waals surface area contributed by atoms with Crippen LogP contribution in [0.4, 0.5) is 0 Å². The molecule has 0 aromatic heterocycles. The lowest BCUT2D eigenvalue weighted by atomic mass is 9.99. The Morgan fingerprint density at radius 2 is 0.886 bits per heavy atom. The SMILES string of the molecule is CC/C=C\C/C=C\C/C=C\C/C=C\C/C=C\C/C=C\C/C=C\CCCCCCCCCCCCCCCCCC(=O)NC(COC1OC(CO)C(O)C(O)C1O)C(O)/C=C/CCCCCCCCCC. The normalized spacial score (nSPS) is 20.1. The van der Waals surface area contributed by atoms with Crippen LogP contribution in [-0.4, -0.2) is 87.5 Å². The summed E-state index contributed by atoms with van der Waals surface area (Å²) in [5.41, 5.74) is 0. The van der Waals surface area contributed by atoms with E-state index in [0.717, 1.165) is 83.5 Å². The lowest BCUT2D eigenvalue weighted by molar-refractivity contribution is -0.302. The van der Waals surface area contributed by atoms with Crippen LogP contribution in [0.2, 0.25) is 0 Å². The molecular formula is C61H105NO8. The van der Waals surface area contributed by atoms with Gasteiger partial charge in [-0.15, -0.1) is 0 Å². The Morgan fingerprint density at radius 3 is 1.31 bits per heavy atom. The Labute approximate surface area is 428 Å². The van der Waals surface area contributed by atoms with Crippen molar-refractivity contribution in [3.8, 4) is 0 Å². The maximum atomic E-state index is 13.0. The van der Waals surface area contributed by atoms with Gasteiger partial charge in [-0.05, 0) is 77.0 Å². The molecule has 0 aromatic rings. The molecule has 0 radical (unpaired) electrons. The van der Waals surface area contributed by atoms with E-state index in [0.29, 0.717) is 6.42 Å². The molecule has 70 heavy (non-hydrogen) atoms. The molecule has 1 amide bonds. The maximum Gasteiger partial charge on any atom is 0.220 e. The van der Waals surface area contributed by atoms with Gasteiger partial charge >= 0.3 is 0 Å². The smallest absolute Gasteiger partial charge is 0.220 e. The Balaban J connectivity index is 2.09. The summed E-state index contributed by atoms with van der Waals surface area (Å²) in [4.78, 5) is 13.0. The molecule has 1 heterocycles. The van der Waals surface area contributed by atoms with Crippen molar-refractivity contribution in [1.82, 2.24) is 5.32 Å². The van der Waals surface area contributed by atoms with E-state index in [4.69, 9.17) is 9.47 Å². The van der Waals surface area contributed by atoms with Crippen LogP contribution in [0.5, 0.6) is 0 Å². The number of ether oxygens (including phenoxy) is 2. The number of hydrogen-bond acceptors (Lipinski definition) is 8. The fourth-order valence-electron chi connectivity index (χ4n) is 8.43. The molecule has 0 aromatic carbocycles. The first-order valence-electron chi connectivity index (χ1n) is 28.5. The largest absolute Gasteiger partial charge is 0.394 e. The van der Waals surface area contributed by atoms with E-state index in [1.165, 1.54) is 122 Å². The van der Waals surface area contributed by atoms with Crippen molar-refractivity contribution in [2.75, 3.05) is 13.2 Å². The van der Waals surface area contributed by atoms with E-state index in [1.54, 1.807) is 6.08 Å². The molecular weight excluding hydrogens is 875 g/mol. The minimum Gasteiger partial charge on any atom is -0.394 e. The molecule has 1 rings (SSSR count). The third kappa shape index (κ3) is 38.7. The van der Waals surface area contributed by atoms with Gasteiger partial charge in [-0.1, -0.05) is 239 Å². The number of allylic oxidation sites excluding steroid dienone is 15.